The Morgan fingerprint density at radius 2 is 1.65 bits per heavy atom. The Morgan fingerprint density at radius 3 is 2.26 bits per heavy atom. The van der Waals surface area contributed by atoms with Crippen molar-refractivity contribution in [1.29, 1.82) is 0 Å². The lowest BCUT2D eigenvalue weighted by Gasteiger charge is -2.14. The van der Waals surface area contributed by atoms with Gasteiger partial charge in [-0.3, -0.25) is 4.79 Å². The fourth-order valence-electron chi connectivity index (χ4n) is 2.44. The van der Waals surface area contributed by atoms with Gasteiger partial charge in [-0.05, 0) is 12.1 Å². The largest absolute Gasteiger partial charge is 0.342 e. The minimum atomic E-state index is 0.0384. The van der Waals surface area contributed by atoms with Gasteiger partial charge in [0, 0.05) is 37.8 Å². The van der Waals surface area contributed by atoms with Crippen molar-refractivity contribution >= 4 is 5.91 Å². The first kappa shape index (κ1) is 15.0. The zero-order valence-electron chi connectivity index (χ0n) is 13.3. The standard InChI is InChI=1S/C19H19N3O/c1-15(23)21(2)13-17-14-22(18-11-7-4-8-12-18)20-19(17)16-9-5-3-6-10-16/h3-12,14H,13H2,1-2H3. The van der Waals surface area contributed by atoms with Crippen LogP contribution in [0.1, 0.15) is 12.5 Å². The molecule has 4 nitrogen and oxygen atoms in total. The van der Waals surface area contributed by atoms with Crippen molar-refractivity contribution in [2.75, 3.05) is 7.05 Å². The third-order valence-electron chi connectivity index (χ3n) is 3.80. The molecule has 1 heterocycles. The fraction of sp³-hybridized carbons (Fsp3) is 0.158. The SMILES string of the molecule is CC(=O)N(C)Cc1cn(-c2ccccc2)nc1-c1ccccc1. The highest BCUT2D eigenvalue weighted by Gasteiger charge is 2.14. The molecule has 23 heavy (non-hydrogen) atoms. The van der Waals surface area contributed by atoms with Gasteiger partial charge in [0.15, 0.2) is 0 Å². The molecule has 0 aliphatic rings. The highest BCUT2D eigenvalue weighted by atomic mass is 16.2. The van der Waals surface area contributed by atoms with Crippen LogP contribution < -0.4 is 0 Å². The molecule has 0 saturated carbocycles. The van der Waals surface area contributed by atoms with Crippen molar-refractivity contribution < 1.29 is 4.79 Å². The average Bonchev–Trinajstić information content (AvgIpc) is 3.00. The summed E-state index contributed by atoms with van der Waals surface area (Å²) in [6.07, 6.45) is 2.00. The summed E-state index contributed by atoms with van der Waals surface area (Å²) in [5, 5.41) is 4.74. The molecule has 0 atom stereocenters. The smallest absolute Gasteiger partial charge is 0.219 e. The average molecular weight is 305 g/mol. The molecule has 1 aromatic heterocycles. The maximum absolute atomic E-state index is 11.6. The first-order valence-electron chi connectivity index (χ1n) is 7.56. The monoisotopic (exact) mass is 305 g/mol. The van der Waals surface area contributed by atoms with Gasteiger partial charge in [0.25, 0.3) is 0 Å². The van der Waals surface area contributed by atoms with Crippen molar-refractivity contribution in [3.8, 4) is 16.9 Å². The molecule has 3 rings (SSSR count). The Bertz CT molecular complexity index is 794. The number of carbonyl (C=O) groups excluding carboxylic acids is 1. The molecule has 0 aliphatic carbocycles. The number of amides is 1. The minimum absolute atomic E-state index is 0.0384. The van der Waals surface area contributed by atoms with Crippen LogP contribution in [0.25, 0.3) is 16.9 Å². The lowest BCUT2D eigenvalue weighted by molar-refractivity contribution is -0.128. The summed E-state index contributed by atoms with van der Waals surface area (Å²) in [6.45, 7) is 2.11. The summed E-state index contributed by atoms with van der Waals surface area (Å²) >= 11 is 0. The van der Waals surface area contributed by atoms with Gasteiger partial charge in [0.1, 0.15) is 0 Å². The van der Waals surface area contributed by atoms with Gasteiger partial charge in [0.2, 0.25) is 5.91 Å². The number of rotatable bonds is 4. The van der Waals surface area contributed by atoms with E-state index < -0.39 is 0 Å². The van der Waals surface area contributed by atoms with Crippen LogP contribution >= 0.6 is 0 Å². The Labute approximate surface area is 136 Å². The van der Waals surface area contributed by atoms with Crippen LogP contribution in [0.3, 0.4) is 0 Å². The Kier molecular flexibility index (Phi) is 4.24. The van der Waals surface area contributed by atoms with Crippen molar-refractivity contribution in [2.45, 2.75) is 13.5 Å². The molecular weight excluding hydrogens is 286 g/mol. The van der Waals surface area contributed by atoms with E-state index in [1.807, 2.05) is 71.5 Å². The van der Waals surface area contributed by atoms with E-state index in [1.165, 1.54) is 0 Å². The minimum Gasteiger partial charge on any atom is -0.342 e. The molecule has 1 amide bonds. The molecule has 0 unspecified atom stereocenters. The summed E-state index contributed by atoms with van der Waals surface area (Å²) in [4.78, 5) is 13.3. The molecule has 0 bridgehead atoms. The predicted octanol–water partition coefficient (Wildman–Crippen LogP) is 3.52. The van der Waals surface area contributed by atoms with Crippen LogP contribution in [0.15, 0.2) is 66.9 Å². The van der Waals surface area contributed by atoms with Crippen molar-refractivity contribution in [1.82, 2.24) is 14.7 Å². The van der Waals surface area contributed by atoms with Gasteiger partial charge in [-0.25, -0.2) is 4.68 Å². The Balaban J connectivity index is 2.05. The number of carbonyl (C=O) groups is 1. The molecule has 3 aromatic rings. The van der Waals surface area contributed by atoms with Gasteiger partial charge >= 0.3 is 0 Å². The lowest BCUT2D eigenvalue weighted by atomic mass is 10.1. The molecule has 2 aromatic carbocycles. The van der Waals surface area contributed by atoms with Crippen LogP contribution in [0.4, 0.5) is 0 Å². The molecule has 0 saturated heterocycles. The number of nitrogens with zero attached hydrogens (tertiary/aromatic N) is 3. The van der Waals surface area contributed by atoms with E-state index in [0.29, 0.717) is 6.54 Å². The van der Waals surface area contributed by atoms with Crippen LogP contribution in [-0.2, 0) is 11.3 Å². The first-order valence-corrected chi connectivity index (χ1v) is 7.56. The maximum Gasteiger partial charge on any atom is 0.219 e. The van der Waals surface area contributed by atoms with Gasteiger partial charge in [-0.2, -0.15) is 5.10 Å². The second kappa shape index (κ2) is 6.48. The van der Waals surface area contributed by atoms with Crippen LogP contribution in [0.2, 0.25) is 0 Å². The second-order valence-electron chi connectivity index (χ2n) is 5.52. The van der Waals surface area contributed by atoms with Crippen LogP contribution in [0.5, 0.6) is 0 Å². The number of hydrogen-bond acceptors (Lipinski definition) is 2. The summed E-state index contributed by atoms with van der Waals surface area (Å²) < 4.78 is 1.87. The molecule has 0 N–H and O–H groups in total. The van der Waals surface area contributed by atoms with Gasteiger partial charge < -0.3 is 4.90 Å². The Morgan fingerprint density at radius 1 is 1.04 bits per heavy atom. The van der Waals surface area contributed by atoms with Crippen molar-refractivity contribution in [3.05, 3.63) is 72.4 Å². The second-order valence-corrected chi connectivity index (χ2v) is 5.52. The molecule has 4 heteroatoms. The van der Waals surface area contributed by atoms with E-state index >= 15 is 0 Å². The molecule has 0 fully saturated rings. The van der Waals surface area contributed by atoms with E-state index in [4.69, 9.17) is 5.10 Å². The molecule has 0 spiro atoms. The van der Waals surface area contributed by atoms with Crippen molar-refractivity contribution in [2.24, 2.45) is 0 Å². The van der Waals surface area contributed by atoms with Crippen LogP contribution in [0, 0.1) is 0 Å². The summed E-state index contributed by atoms with van der Waals surface area (Å²) in [6, 6.07) is 20.0. The number of aromatic nitrogens is 2. The predicted molar refractivity (Wildman–Crippen MR) is 91.1 cm³/mol. The van der Waals surface area contributed by atoms with Crippen molar-refractivity contribution in [3.63, 3.8) is 0 Å². The quantitative estimate of drug-likeness (QED) is 0.739. The van der Waals surface area contributed by atoms with Gasteiger partial charge in [-0.1, -0.05) is 48.5 Å². The number of para-hydroxylation sites is 1. The fourth-order valence-corrected chi connectivity index (χ4v) is 2.44. The molecular formula is C19H19N3O. The van der Waals surface area contributed by atoms with E-state index in [1.54, 1.807) is 18.9 Å². The third kappa shape index (κ3) is 3.31. The maximum atomic E-state index is 11.6. The highest BCUT2D eigenvalue weighted by Crippen LogP contribution is 2.24. The van der Waals surface area contributed by atoms with Gasteiger partial charge in [-0.15, -0.1) is 0 Å². The molecule has 116 valence electrons. The summed E-state index contributed by atoms with van der Waals surface area (Å²) in [5.74, 6) is 0.0384. The van der Waals surface area contributed by atoms with E-state index in [0.717, 1.165) is 22.5 Å². The number of benzene rings is 2. The summed E-state index contributed by atoms with van der Waals surface area (Å²) in [5.41, 5.74) is 3.98. The first-order chi connectivity index (χ1) is 11.1. The molecule has 0 aliphatic heterocycles. The van der Waals surface area contributed by atoms with Crippen LogP contribution in [-0.4, -0.2) is 27.6 Å². The normalized spacial score (nSPS) is 10.5. The topological polar surface area (TPSA) is 38.1 Å². The lowest BCUT2D eigenvalue weighted by Crippen LogP contribution is -2.23. The highest BCUT2D eigenvalue weighted by molar-refractivity contribution is 5.73. The van der Waals surface area contributed by atoms with E-state index in [-0.39, 0.29) is 5.91 Å². The molecule has 0 radical (unpaired) electrons. The van der Waals surface area contributed by atoms with E-state index in [9.17, 15) is 4.79 Å². The van der Waals surface area contributed by atoms with Gasteiger partial charge in [0.05, 0.1) is 11.4 Å². The van der Waals surface area contributed by atoms with E-state index in [2.05, 4.69) is 0 Å². The zero-order chi connectivity index (χ0) is 16.2. The summed E-state index contributed by atoms with van der Waals surface area (Å²) in [7, 11) is 1.80. The third-order valence-corrected chi connectivity index (χ3v) is 3.80. The number of hydrogen-bond donors (Lipinski definition) is 0. The zero-order valence-corrected chi connectivity index (χ0v) is 13.3. The Hall–Kier alpha value is -2.88.